The van der Waals surface area contributed by atoms with Crippen LogP contribution in [0.5, 0.6) is 0 Å². The molecule has 0 aromatic rings. The zero-order valence-electron chi connectivity index (χ0n) is 10.2. The van der Waals surface area contributed by atoms with Crippen LogP contribution in [0.3, 0.4) is 0 Å². The number of ether oxygens (including phenoxy) is 1. The maximum absolute atomic E-state index is 11.5. The van der Waals surface area contributed by atoms with Crippen molar-refractivity contribution in [3.05, 3.63) is 0 Å². The van der Waals surface area contributed by atoms with Crippen molar-refractivity contribution in [2.75, 3.05) is 6.61 Å². The third kappa shape index (κ3) is 6.94. The number of carbonyl (C=O) groups is 2. The predicted molar refractivity (Wildman–Crippen MR) is 58.3 cm³/mol. The van der Waals surface area contributed by atoms with Gasteiger partial charge < -0.3 is 10.1 Å². The van der Waals surface area contributed by atoms with Crippen molar-refractivity contribution in [1.29, 1.82) is 0 Å². The van der Waals surface area contributed by atoms with Gasteiger partial charge in [-0.25, -0.2) is 4.79 Å². The third-order valence-corrected chi connectivity index (χ3v) is 1.71. The van der Waals surface area contributed by atoms with Gasteiger partial charge in [0.1, 0.15) is 6.04 Å². The molecule has 0 radical (unpaired) electrons. The van der Waals surface area contributed by atoms with Crippen molar-refractivity contribution in [3.63, 3.8) is 0 Å². The van der Waals surface area contributed by atoms with Crippen LogP contribution in [0.1, 0.15) is 41.0 Å². The van der Waals surface area contributed by atoms with Crippen molar-refractivity contribution >= 4 is 11.9 Å². The van der Waals surface area contributed by atoms with E-state index in [1.54, 1.807) is 13.8 Å². The van der Waals surface area contributed by atoms with E-state index < -0.39 is 6.04 Å². The lowest BCUT2D eigenvalue weighted by Gasteiger charge is -2.19. The molecule has 0 saturated heterocycles. The van der Waals surface area contributed by atoms with Gasteiger partial charge in [-0.05, 0) is 19.3 Å². The molecular formula is C11H21NO3. The fraction of sp³-hybridized carbons (Fsp3) is 0.818. The first kappa shape index (κ1) is 13.9. The number of amides is 1. The summed E-state index contributed by atoms with van der Waals surface area (Å²) in [6, 6.07) is -0.570. The van der Waals surface area contributed by atoms with Crippen molar-refractivity contribution in [2.24, 2.45) is 5.41 Å². The number of hydrogen-bond acceptors (Lipinski definition) is 3. The van der Waals surface area contributed by atoms with E-state index in [0.717, 1.165) is 0 Å². The number of hydrogen-bond donors (Lipinski definition) is 1. The molecule has 0 aliphatic heterocycles. The highest BCUT2D eigenvalue weighted by molar-refractivity contribution is 5.84. The second-order valence-electron chi connectivity index (χ2n) is 4.78. The molecule has 0 saturated carbocycles. The summed E-state index contributed by atoms with van der Waals surface area (Å²) in [5.74, 6) is -0.511. The van der Waals surface area contributed by atoms with Gasteiger partial charge in [0.2, 0.25) is 5.91 Å². The molecule has 1 N–H and O–H groups in total. The number of rotatable bonds is 4. The van der Waals surface area contributed by atoms with E-state index in [1.165, 1.54) is 0 Å². The zero-order valence-corrected chi connectivity index (χ0v) is 10.2. The lowest BCUT2D eigenvalue weighted by Crippen LogP contribution is -2.40. The molecule has 0 aliphatic rings. The summed E-state index contributed by atoms with van der Waals surface area (Å²) in [6.07, 6.45) is 0.400. The summed E-state index contributed by atoms with van der Waals surface area (Å²) in [6.45, 7) is 9.61. The number of nitrogens with one attached hydrogen (secondary N) is 1. The standard InChI is InChI=1S/C11H21NO3/c1-6-15-10(14)8(2)12-9(13)7-11(3,4)5/h8H,6-7H2,1-5H3,(H,12,13). The SMILES string of the molecule is CCOC(=O)C(C)NC(=O)CC(C)(C)C. The Balaban J connectivity index is 4.02. The Labute approximate surface area is 91.4 Å². The molecule has 4 nitrogen and oxygen atoms in total. The first-order valence-corrected chi connectivity index (χ1v) is 5.22. The van der Waals surface area contributed by atoms with Gasteiger partial charge in [-0.15, -0.1) is 0 Å². The van der Waals surface area contributed by atoms with E-state index in [2.05, 4.69) is 5.32 Å². The summed E-state index contributed by atoms with van der Waals surface area (Å²) < 4.78 is 4.78. The molecule has 0 aliphatic carbocycles. The van der Waals surface area contributed by atoms with E-state index in [4.69, 9.17) is 4.74 Å². The maximum atomic E-state index is 11.5. The van der Waals surface area contributed by atoms with Crippen molar-refractivity contribution < 1.29 is 14.3 Å². The summed E-state index contributed by atoms with van der Waals surface area (Å²) in [5.41, 5.74) is -0.0710. The third-order valence-electron chi connectivity index (χ3n) is 1.71. The second kappa shape index (κ2) is 5.73. The van der Waals surface area contributed by atoms with Crippen LogP contribution in [0.2, 0.25) is 0 Å². The lowest BCUT2D eigenvalue weighted by molar-refractivity contribution is -0.147. The average Bonchev–Trinajstić information content (AvgIpc) is 2.00. The van der Waals surface area contributed by atoms with Gasteiger partial charge in [-0.2, -0.15) is 0 Å². The molecule has 0 bridgehead atoms. The van der Waals surface area contributed by atoms with E-state index in [-0.39, 0.29) is 17.3 Å². The Morgan fingerprint density at radius 2 is 1.87 bits per heavy atom. The van der Waals surface area contributed by atoms with Crippen molar-refractivity contribution in [1.82, 2.24) is 5.32 Å². The first-order valence-electron chi connectivity index (χ1n) is 5.22. The fourth-order valence-electron chi connectivity index (χ4n) is 1.10. The average molecular weight is 215 g/mol. The Morgan fingerprint density at radius 1 is 1.33 bits per heavy atom. The topological polar surface area (TPSA) is 55.4 Å². The predicted octanol–water partition coefficient (Wildman–Crippen LogP) is 1.49. The molecule has 88 valence electrons. The normalized spacial score (nSPS) is 13.1. The Hall–Kier alpha value is -1.06. The Bertz CT molecular complexity index is 230. The highest BCUT2D eigenvalue weighted by Crippen LogP contribution is 2.17. The molecule has 1 amide bonds. The van der Waals surface area contributed by atoms with E-state index in [9.17, 15) is 9.59 Å². The first-order chi connectivity index (χ1) is 6.76. The maximum Gasteiger partial charge on any atom is 0.328 e. The van der Waals surface area contributed by atoms with E-state index in [1.807, 2.05) is 20.8 Å². The minimum atomic E-state index is -0.570. The molecule has 0 spiro atoms. The molecule has 0 rings (SSSR count). The molecule has 0 fully saturated rings. The highest BCUT2D eigenvalue weighted by atomic mass is 16.5. The zero-order chi connectivity index (χ0) is 12.1. The van der Waals surface area contributed by atoms with Gasteiger partial charge in [0.25, 0.3) is 0 Å². The van der Waals surface area contributed by atoms with Crippen molar-refractivity contribution in [3.8, 4) is 0 Å². The molecule has 1 atom stereocenters. The van der Waals surface area contributed by atoms with Gasteiger partial charge in [-0.3, -0.25) is 4.79 Å². The molecule has 4 heteroatoms. The summed E-state index contributed by atoms with van der Waals surface area (Å²) in [5, 5.41) is 2.61. The Kier molecular flexibility index (Phi) is 5.33. The highest BCUT2D eigenvalue weighted by Gasteiger charge is 2.20. The van der Waals surface area contributed by atoms with Gasteiger partial charge >= 0.3 is 5.97 Å². The van der Waals surface area contributed by atoms with Crippen LogP contribution in [0.4, 0.5) is 0 Å². The van der Waals surface area contributed by atoms with Crippen LogP contribution < -0.4 is 5.32 Å². The fourth-order valence-corrected chi connectivity index (χ4v) is 1.10. The van der Waals surface area contributed by atoms with Gasteiger partial charge in [0.15, 0.2) is 0 Å². The largest absolute Gasteiger partial charge is 0.464 e. The quantitative estimate of drug-likeness (QED) is 0.723. The van der Waals surface area contributed by atoms with Crippen LogP contribution in [0, 0.1) is 5.41 Å². The van der Waals surface area contributed by atoms with Crippen LogP contribution in [0.25, 0.3) is 0 Å². The lowest BCUT2D eigenvalue weighted by atomic mass is 9.92. The van der Waals surface area contributed by atoms with Gasteiger partial charge in [0, 0.05) is 6.42 Å². The van der Waals surface area contributed by atoms with E-state index >= 15 is 0 Å². The van der Waals surface area contributed by atoms with Crippen LogP contribution in [0.15, 0.2) is 0 Å². The van der Waals surface area contributed by atoms with Crippen LogP contribution in [-0.2, 0) is 14.3 Å². The molecule has 0 heterocycles. The molecular weight excluding hydrogens is 194 g/mol. The monoisotopic (exact) mass is 215 g/mol. The van der Waals surface area contributed by atoms with Gasteiger partial charge in [0.05, 0.1) is 6.61 Å². The van der Waals surface area contributed by atoms with Crippen molar-refractivity contribution in [2.45, 2.75) is 47.1 Å². The minimum absolute atomic E-state index is 0.0710. The number of carbonyl (C=O) groups excluding carboxylic acids is 2. The van der Waals surface area contributed by atoms with Gasteiger partial charge in [-0.1, -0.05) is 20.8 Å². The second-order valence-corrected chi connectivity index (χ2v) is 4.78. The molecule has 1 unspecified atom stereocenters. The summed E-state index contributed by atoms with van der Waals surface area (Å²) >= 11 is 0. The number of esters is 1. The minimum Gasteiger partial charge on any atom is -0.464 e. The summed E-state index contributed by atoms with van der Waals surface area (Å²) in [7, 11) is 0. The smallest absolute Gasteiger partial charge is 0.328 e. The van der Waals surface area contributed by atoms with E-state index in [0.29, 0.717) is 13.0 Å². The molecule has 15 heavy (non-hydrogen) atoms. The molecule has 0 aromatic heterocycles. The summed E-state index contributed by atoms with van der Waals surface area (Å²) in [4.78, 5) is 22.7. The van der Waals surface area contributed by atoms with Crippen LogP contribution >= 0.6 is 0 Å². The molecule has 0 aromatic carbocycles. The van der Waals surface area contributed by atoms with Crippen LogP contribution in [-0.4, -0.2) is 24.5 Å². The Morgan fingerprint density at radius 3 is 2.27 bits per heavy atom.